The van der Waals surface area contributed by atoms with Crippen molar-refractivity contribution in [3.05, 3.63) is 40.1 Å². The average Bonchev–Trinajstić information content (AvgIpc) is 2.67. The molecule has 1 saturated heterocycles. The highest BCUT2D eigenvalue weighted by Crippen LogP contribution is 2.38. The standard InChI is InChI=1S/C17H22BClFNO3/c1-11(22)21-10-13(8-12-6-7-14(19)15(20)9-12)18-23-16(2,3)17(4,5)24-18/h6-9H,10H2,1-5H3,(H,21,22). The first-order valence-corrected chi connectivity index (χ1v) is 8.15. The van der Waals surface area contributed by atoms with Crippen molar-refractivity contribution in [3.63, 3.8) is 0 Å². The van der Waals surface area contributed by atoms with Gasteiger partial charge < -0.3 is 14.6 Å². The number of nitrogens with one attached hydrogen (secondary N) is 1. The quantitative estimate of drug-likeness (QED) is 0.841. The van der Waals surface area contributed by atoms with Gasteiger partial charge in [-0.25, -0.2) is 4.39 Å². The van der Waals surface area contributed by atoms with Gasteiger partial charge in [-0.05, 0) is 50.9 Å². The van der Waals surface area contributed by atoms with Gasteiger partial charge in [0.05, 0.1) is 16.2 Å². The lowest BCUT2D eigenvalue weighted by Crippen LogP contribution is -2.41. The zero-order valence-electron chi connectivity index (χ0n) is 14.6. The van der Waals surface area contributed by atoms with Crippen LogP contribution in [0.2, 0.25) is 5.02 Å². The summed E-state index contributed by atoms with van der Waals surface area (Å²) in [7, 11) is -0.624. The van der Waals surface area contributed by atoms with Gasteiger partial charge in [-0.1, -0.05) is 23.7 Å². The fourth-order valence-electron chi connectivity index (χ4n) is 2.24. The largest absolute Gasteiger partial charge is 0.492 e. The minimum Gasteiger partial charge on any atom is -0.400 e. The molecule has 1 amide bonds. The molecule has 1 aromatic carbocycles. The Balaban J connectivity index is 2.33. The molecular weight excluding hydrogens is 331 g/mol. The number of hydrogen-bond acceptors (Lipinski definition) is 3. The molecule has 24 heavy (non-hydrogen) atoms. The van der Waals surface area contributed by atoms with E-state index in [2.05, 4.69) is 5.32 Å². The molecule has 0 aromatic heterocycles. The molecule has 1 heterocycles. The highest BCUT2D eigenvalue weighted by molar-refractivity contribution is 6.56. The van der Waals surface area contributed by atoms with Crippen molar-refractivity contribution < 1.29 is 18.5 Å². The molecule has 0 bridgehead atoms. The lowest BCUT2D eigenvalue weighted by molar-refractivity contribution is -0.118. The summed E-state index contributed by atoms with van der Waals surface area (Å²) in [5, 5.41) is 2.80. The van der Waals surface area contributed by atoms with E-state index >= 15 is 0 Å². The summed E-state index contributed by atoms with van der Waals surface area (Å²) in [6.45, 7) is 9.48. The van der Waals surface area contributed by atoms with Gasteiger partial charge in [0.2, 0.25) is 5.91 Å². The third-order valence-corrected chi connectivity index (χ3v) is 4.70. The van der Waals surface area contributed by atoms with Gasteiger partial charge in [-0.2, -0.15) is 0 Å². The molecule has 7 heteroatoms. The molecule has 1 aromatic rings. The zero-order chi connectivity index (χ0) is 18.1. The molecule has 130 valence electrons. The predicted octanol–water partition coefficient (Wildman–Crippen LogP) is 3.63. The van der Waals surface area contributed by atoms with E-state index in [0.29, 0.717) is 11.0 Å². The molecule has 4 nitrogen and oxygen atoms in total. The first-order chi connectivity index (χ1) is 11.0. The Morgan fingerprint density at radius 2 is 1.88 bits per heavy atom. The van der Waals surface area contributed by atoms with E-state index < -0.39 is 24.1 Å². The Labute approximate surface area is 147 Å². The van der Waals surface area contributed by atoms with E-state index in [-0.39, 0.29) is 17.5 Å². The molecule has 1 aliphatic rings. The minimum absolute atomic E-state index is 0.0613. The number of carbonyl (C=O) groups is 1. The molecule has 0 radical (unpaired) electrons. The maximum Gasteiger partial charge on any atom is 0.492 e. The molecule has 1 fully saturated rings. The fourth-order valence-corrected chi connectivity index (χ4v) is 2.36. The summed E-state index contributed by atoms with van der Waals surface area (Å²) in [5.74, 6) is -0.669. The predicted molar refractivity (Wildman–Crippen MR) is 94.2 cm³/mol. The number of rotatable bonds is 4. The Kier molecular flexibility index (Phi) is 5.42. The van der Waals surface area contributed by atoms with Crippen LogP contribution in [0.25, 0.3) is 6.08 Å². The van der Waals surface area contributed by atoms with Crippen LogP contribution in [0, 0.1) is 5.82 Å². The van der Waals surface area contributed by atoms with Gasteiger partial charge in [0.15, 0.2) is 0 Å². The number of benzene rings is 1. The molecule has 0 atom stereocenters. The molecule has 0 aliphatic carbocycles. The van der Waals surface area contributed by atoms with Crippen LogP contribution in [-0.2, 0) is 14.1 Å². The second-order valence-electron chi connectivity index (χ2n) is 6.89. The Morgan fingerprint density at radius 3 is 2.38 bits per heavy atom. The van der Waals surface area contributed by atoms with E-state index in [1.54, 1.807) is 12.1 Å². The van der Waals surface area contributed by atoms with Crippen LogP contribution in [0.5, 0.6) is 0 Å². The minimum atomic E-state index is -0.624. The third kappa shape index (κ3) is 4.18. The summed E-state index contributed by atoms with van der Waals surface area (Å²) >= 11 is 5.72. The summed E-state index contributed by atoms with van der Waals surface area (Å²) in [5.41, 5.74) is 0.314. The average molecular weight is 354 g/mol. The van der Waals surface area contributed by atoms with Gasteiger partial charge in [0, 0.05) is 13.5 Å². The zero-order valence-corrected chi connectivity index (χ0v) is 15.3. The Bertz CT molecular complexity index is 660. The van der Waals surface area contributed by atoms with E-state index in [4.69, 9.17) is 20.9 Å². The Hall–Kier alpha value is -1.37. The molecule has 1 aliphatic heterocycles. The van der Waals surface area contributed by atoms with Crippen molar-refractivity contribution in [1.82, 2.24) is 5.32 Å². The molecule has 0 saturated carbocycles. The van der Waals surface area contributed by atoms with Crippen molar-refractivity contribution in [2.75, 3.05) is 6.54 Å². The van der Waals surface area contributed by atoms with Crippen LogP contribution in [0.1, 0.15) is 40.2 Å². The normalized spacial score (nSPS) is 19.5. The maximum atomic E-state index is 13.7. The fraction of sp³-hybridized carbons (Fsp3) is 0.471. The van der Waals surface area contributed by atoms with Crippen LogP contribution in [-0.4, -0.2) is 30.8 Å². The number of hydrogen-bond donors (Lipinski definition) is 1. The van der Waals surface area contributed by atoms with Crippen LogP contribution >= 0.6 is 11.6 Å². The van der Waals surface area contributed by atoms with Crippen LogP contribution in [0.3, 0.4) is 0 Å². The number of halogens is 2. The molecule has 1 N–H and O–H groups in total. The van der Waals surface area contributed by atoms with E-state index in [1.165, 1.54) is 19.1 Å². The topological polar surface area (TPSA) is 47.6 Å². The summed E-state index contributed by atoms with van der Waals surface area (Å²) in [6.07, 6.45) is 1.75. The lowest BCUT2D eigenvalue weighted by atomic mass is 9.77. The number of amides is 1. The van der Waals surface area contributed by atoms with Gasteiger partial charge in [-0.3, -0.25) is 4.79 Å². The summed E-state index contributed by atoms with van der Waals surface area (Å²) in [6, 6.07) is 4.52. The first-order valence-electron chi connectivity index (χ1n) is 7.77. The summed E-state index contributed by atoms with van der Waals surface area (Å²) < 4.78 is 25.7. The van der Waals surface area contributed by atoms with Crippen molar-refractivity contribution >= 4 is 30.7 Å². The van der Waals surface area contributed by atoms with Crippen LogP contribution < -0.4 is 5.32 Å². The Morgan fingerprint density at radius 1 is 1.29 bits per heavy atom. The van der Waals surface area contributed by atoms with E-state index in [1.807, 2.05) is 27.7 Å². The maximum absolute atomic E-state index is 13.7. The van der Waals surface area contributed by atoms with Crippen LogP contribution in [0.15, 0.2) is 23.7 Å². The van der Waals surface area contributed by atoms with Crippen LogP contribution in [0.4, 0.5) is 4.39 Å². The SMILES string of the molecule is CC(=O)NCC(=Cc1ccc(Cl)c(F)c1)B1OC(C)(C)C(C)(C)O1. The van der Waals surface area contributed by atoms with Crippen molar-refractivity contribution in [1.29, 1.82) is 0 Å². The third-order valence-electron chi connectivity index (χ3n) is 4.39. The van der Waals surface area contributed by atoms with E-state index in [0.717, 1.165) is 0 Å². The first kappa shape index (κ1) is 19.0. The lowest BCUT2D eigenvalue weighted by Gasteiger charge is -2.32. The molecule has 0 unspecified atom stereocenters. The van der Waals surface area contributed by atoms with E-state index in [9.17, 15) is 9.18 Å². The van der Waals surface area contributed by atoms with Crippen molar-refractivity contribution in [3.8, 4) is 0 Å². The molecular formula is C17H22BClFNO3. The van der Waals surface area contributed by atoms with Gasteiger partial charge in [-0.15, -0.1) is 0 Å². The number of carbonyl (C=O) groups excluding carboxylic acids is 1. The van der Waals surface area contributed by atoms with Crippen molar-refractivity contribution in [2.45, 2.75) is 45.8 Å². The second kappa shape index (κ2) is 6.86. The van der Waals surface area contributed by atoms with Crippen molar-refractivity contribution in [2.24, 2.45) is 0 Å². The highest BCUT2D eigenvalue weighted by atomic mass is 35.5. The molecule has 2 rings (SSSR count). The monoisotopic (exact) mass is 353 g/mol. The smallest absolute Gasteiger partial charge is 0.400 e. The highest BCUT2D eigenvalue weighted by Gasteiger charge is 2.52. The van der Waals surface area contributed by atoms with Gasteiger partial charge in [0.25, 0.3) is 0 Å². The van der Waals surface area contributed by atoms with Gasteiger partial charge >= 0.3 is 7.12 Å². The second-order valence-corrected chi connectivity index (χ2v) is 7.30. The summed E-state index contributed by atoms with van der Waals surface area (Å²) in [4.78, 5) is 11.3. The van der Waals surface area contributed by atoms with Gasteiger partial charge in [0.1, 0.15) is 5.82 Å². The molecule has 0 spiro atoms.